The fourth-order valence-corrected chi connectivity index (χ4v) is 5.06. The molecule has 1 unspecified atom stereocenters. The van der Waals surface area contributed by atoms with Gasteiger partial charge >= 0.3 is 0 Å². The van der Waals surface area contributed by atoms with Gasteiger partial charge in [-0.25, -0.2) is 0 Å². The Kier molecular flexibility index (Phi) is 7.38. The maximum Gasteiger partial charge on any atom is 0.225 e. The van der Waals surface area contributed by atoms with Crippen molar-refractivity contribution in [3.05, 3.63) is 22.4 Å². The largest absolute Gasteiger partial charge is 0.357 e. The number of rotatable bonds is 6. The van der Waals surface area contributed by atoms with Crippen molar-refractivity contribution in [2.24, 2.45) is 10.9 Å². The first-order valence-corrected chi connectivity index (χ1v) is 11.7. The topological polar surface area (TPSA) is 56.7 Å². The van der Waals surface area contributed by atoms with Gasteiger partial charge in [-0.1, -0.05) is 39.2 Å². The van der Waals surface area contributed by atoms with E-state index in [2.05, 4.69) is 53.8 Å². The first kappa shape index (κ1) is 21.2. The number of hydrogen-bond donors (Lipinski definition) is 2. The van der Waals surface area contributed by atoms with Crippen LogP contribution in [0, 0.1) is 5.92 Å². The van der Waals surface area contributed by atoms with E-state index in [1.807, 2.05) is 0 Å². The number of hydrogen-bond acceptors (Lipinski definition) is 3. The maximum atomic E-state index is 12.8. The fourth-order valence-electron chi connectivity index (χ4n) is 4.22. The Hall–Kier alpha value is -1.56. The smallest absolute Gasteiger partial charge is 0.225 e. The van der Waals surface area contributed by atoms with Gasteiger partial charge in [0.2, 0.25) is 5.91 Å². The quantitative estimate of drug-likeness (QED) is 0.561. The van der Waals surface area contributed by atoms with Gasteiger partial charge in [-0.05, 0) is 37.6 Å². The summed E-state index contributed by atoms with van der Waals surface area (Å²) in [5, 5.41) is 9.07. The van der Waals surface area contributed by atoms with Crippen LogP contribution >= 0.6 is 11.3 Å². The molecule has 1 aromatic heterocycles. The van der Waals surface area contributed by atoms with Gasteiger partial charge in [-0.2, -0.15) is 0 Å². The lowest BCUT2D eigenvalue weighted by Gasteiger charge is -2.26. The van der Waals surface area contributed by atoms with Gasteiger partial charge in [0.15, 0.2) is 5.96 Å². The van der Waals surface area contributed by atoms with Gasteiger partial charge < -0.3 is 15.5 Å². The Balaban J connectivity index is 1.55. The zero-order valence-electron chi connectivity index (χ0n) is 17.7. The Labute approximate surface area is 174 Å². The molecule has 156 valence electrons. The van der Waals surface area contributed by atoms with E-state index in [1.54, 1.807) is 11.3 Å². The summed E-state index contributed by atoms with van der Waals surface area (Å²) in [7, 11) is 0. The molecule has 6 heteroatoms. The van der Waals surface area contributed by atoms with Crippen molar-refractivity contribution in [3.63, 3.8) is 0 Å². The Bertz CT molecular complexity index is 650. The molecule has 3 rings (SSSR count). The molecule has 1 aliphatic carbocycles. The first-order chi connectivity index (χ1) is 13.5. The van der Waals surface area contributed by atoms with Crippen LogP contribution in [0.3, 0.4) is 0 Å². The standard InChI is InChI=1S/C22H36N4OS/c1-4-23-21(24-16-22(2,3)19-11-8-14-28-19)25-18-12-13-26(15-18)20(27)17-9-6-5-7-10-17/h8,11,14,17-18H,4-7,9-10,12-13,15-16H2,1-3H3,(H2,23,24,25). The van der Waals surface area contributed by atoms with Gasteiger partial charge in [-0.3, -0.25) is 9.79 Å². The molecule has 1 atom stereocenters. The Morgan fingerprint density at radius 1 is 1.29 bits per heavy atom. The minimum Gasteiger partial charge on any atom is -0.357 e. The monoisotopic (exact) mass is 404 g/mol. The summed E-state index contributed by atoms with van der Waals surface area (Å²) in [5.74, 6) is 1.51. The van der Waals surface area contributed by atoms with Crippen molar-refractivity contribution >= 4 is 23.2 Å². The number of aliphatic imine (C=N–C) groups is 1. The molecule has 1 saturated carbocycles. The van der Waals surface area contributed by atoms with E-state index in [-0.39, 0.29) is 17.4 Å². The van der Waals surface area contributed by atoms with Gasteiger partial charge in [0, 0.05) is 41.9 Å². The molecule has 0 radical (unpaired) electrons. The predicted molar refractivity (Wildman–Crippen MR) is 118 cm³/mol. The Morgan fingerprint density at radius 2 is 2.07 bits per heavy atom. The lowest BCUT2D eigenvalue weighted by molar-refractivity contribution is -0.135. The van der Waals surface area contributed by atoms with Crippen molar-refractivity contribution in [1.82, 2.24) is 15.5 Å². The molecule has 1 aliphatic heterocycles. The summed E-state index contributed by atoms with van der Waals surface area (Å²) < 4.78 is 0. The molecule has 0 spiro atoms. The zero-order chi connectivity index (χ0) is 20.0. The SMILES string of the molecule is CCNC(=NCC(C)(C)c1cccs1)NC1CCN(C(=O)C2CCCCC2)C1. The lowest BCUT2D eigenvalue weighted by Crippen LogP contribution is -2.46. The van der Waals surface area contributed by atoms with E-state index < -0.39 is 0 Å². The molecule has 0 aromatic carbocycles. The van der Waals surface area contributed by atoms with Gasteiger partial charge in [-0.15, -0.1) is 11.3 Å². The number of carbonyl (C=O) groups excluding carboxylic acids is 1. The van der Waals surface area contributed by atoms with E-state index >= 15 is 0 Å². The van der Waals surface area contributed by atoms with Crippen LogP contribution in [-0.2, 0) is 10.2 Å². The molecular formula is C22H36N4OS. The number of carbonyl (C=O) groups is 1. The van der Waals surface area contributed by atoms with Crippen LogP contribution in [0.1, 0.15) is 64.2 Å². The van der Waals surface area contributed by atoms with E-state index in [1.165, 1.54) is 24.1 Å². The number of amides is 1. The van der Waals surface area contributed by atoms with Crippen molar-refractivity contribution in [1.29, 1.82) is 0 Å². The number of nitrogens with zero attached hydrogens (tertiary/aromatic N) is 2. The fraction of sp³-hybridized carbons (Fsp3) is 0.727. The number of thiophene rings is 1. The molecule has 1 saturated heterocycles. The maximum absolute atomic E-state index is 12.8. The number of nitrogens with one attached hydrogen (secondary N) is 2. The third kappa shape index (κ3) is 5.49. The minimum atomic E-state index is 0.0230. The molecule has 1 amide bonds. The van der Waals surface area contributed by atoms with E-state index in [9.17, 15) is 4.79 Å². The van der Waals surface area contributed by atoms with Gasteiger partial charge in [0.05, 0.1) is 6.54 Å². The van der Waals surface area contributed by atoms with Crippen LogP contribution < -0.4 is 10.6 Å². The van der Waals surface area contributed by atoms with Crippen LogP contribution in [0.15, 0.2) is 22.5 Å². The highest BCUT2D eigenvalue weighted by molar-refractivity contribution is 7.10. The minimum absolute atomic E-state index is 0.0230. The highest BCUT2D eigenvalue weighted by Crippen LogP contribution is 2.28. The summed E-state index contributed by atoms with van der Waals surface area (Å²) in [4.78, 5) is 21.1. The van der Waals surface area contributed by atoms with Crippen LogP contribution in [0.5, 0.6) is 0 Å². The molecular weight excluding hydrogens is 368 g/mol. The normalized spacial score (nSPS) is 21.8. The van der Waals surface area contributed by atoms with Crippen molar-refractivity contribution in [3.8, 4) is 0 Å². The average molecular weight is 405 g/mol. The van der Waals surface area contributed by atoms with Crippen molar-refractivity contribution in [2.75, 3.05) is 26.2 Å². The van der Waals surface area contributed by atoms with Crippen molar-refractivity contribution in [2.45, 2.75) is 70.8 Å². The molecule has 2 heterocycles. The summed E-state index contributed by atoms with van der Waals surface area (Å²) in [6, 6.07) is 4.58. The second kappa shape index (κ2) is 9.77. The molecule has 1 aromatic rings. The third-order valence-corrected chi connectivity index (χ3v) is 7.20. The molecule has 5 nitrogen and oxygen atoms in total. The number of likely N-dealkylation sites (tertiary alicyclic amines) is 1. The molecule has 0 bridgehead atoms. The summed E-state index contributed by atoms with van der Waals surface area (Å²) in [6.07, 6.45) is 6.87. The van der Waals surface area contributed by atoms with E-state index in [0.29, 0.717) is 5.91 Å². The predicted octanol–water partition coefficient (Wildman–Crippen LogP) is 3.76. The van der Waals surface area contributed by atoms with Gasteiger partial charge in [0.1, 0.15) is 0 Å². The van der Waals surface area contributed by atoms with Crippen LogP contribution in [0.2, 0.25) is 0 Å². The molecule has 28 heavy (non-hydrogen) atoms. The molecule has 2 aliphatic rings. The second-order valence-electron chi connectivity index (χ2n) is 8.81. The number of guanidine groups is 1. The lowest BCUT2D eigenvalue weighted by atomic mass is 9.88. The van der Waals surface area contributed by atoms with Crippen LogP contribution in [0.4, 0.5) is 0 Å². The highest BCUT2D eigenvalue weighted by atomic mass is 32.1. The second-order valence-corrected chi connectivity index (χ2v) is 9.75. The first-order valence-electron chi connectivity index (χ1n) is 10.9. The third-order valence-electron chi connectivity index (χ3n) is 5.96. The van der Waals surface area contributed by atoms with E-state index in [0.717, 1.165) is 51.4 Å². The molecule has 2 N–H and O–H groups in total. The highest BCUT2D eigenvalue weighted by Gasteiger charge is 2.32. The summed E-state index contributed by atoms with van der Waals surface area (Å²) >= 11 is 1.79. The summed E-state index contributed by atoms with van der Waals surface area (Å²) in [6.45, 7) is 9.82. The zero-order valence-corrected chi connectivity index (χ0v) is 18.5. The van der Waals surface area contributed by atoms with Crippen LogP contribution in [0.25, 0.3) is 0 Å². The Morgan fingerprint density at radius 3 is 2.75 bits per heavy atom. The van der Waals surface area contributed by atoms with Gasteiger partial charge in [0.25, 0.3) is 0 Å². The summed E-state index contributed by atoms with van der Waals surface area (Å²) in [5.41, 5.74) is 0.0230. The van der Waals surface area contributed by atoms with E-state index in [4.69, 9.17) is 4.99 Å². The molecule has 2 fully saturated rings. The van der Waals surface area contributed by atoms with Crippen LogP contribution in [-0.4, -0.2) is 49.0 Å². The average Bonchev–Trinajstić information content (AvgIpc) is 3.39. The van der Waals surface area contributed by atoms with Crippen molar-refractivity contribution < 1.29 is 4.79 Å².